The topological polar surface area (TPSA) is 40.6 Å². The van der Waals surface area contributed by atoms with E-state index in [0.29, 0.717) is 36.2 Å². The van der Waals surface area contributed by atoms with E-state index in [1.165, 1.54) is 0 Å². The van der Waals surface area contributed by atoms with Crippen LogP contribution in [0.1, 0.15) is 22.3 Å². The standard InChI is InChI=1S/C32H32Cl2N2O2S/c33-29-17-9-7-15-27(29)21-35(19-25-11-3-1-4-12-25)31-23-39(37,38)24-32(31)36(20-26-13-5-2-6-14-26)22-28-16-8-10-18-30(28)34/h1-18,31-32H,19-24H2/t31-,32+. The van der Waals surface area contributed by atoms with Crippen molar-refractivity contribution in [3.63, 3.8) is 0 Å². The Bertz CT molecular complexity index is 1380. The van der Waals surface area contributed by atoms with Crippen LogP contribution in [-0.2, 0) is 36.0 Å². The van der Waals surface area contributed by atoms with Crippen LogP contribution >= 0.6 is 23.2 Å². The van der Waals surface area contributed by atoms with Crippen molar-refractivity contribution in [2.75, 3.05) is 11.5 Å². The third-order valence-corrected chi connectivity index (χ3v) is 9.79. The fourth-order valence-electron chi connectivity index (χ4n) is 5.42. The summed E-state index contributed by atoms with van der Waals surface area (Å²) in [7, 11) is -3.27. The Morgan fingerprint density at radius 1 is 0.538 bits per heavy atom. The van der Waals surface area contributed by atoms with Gasteiger partial charge in [0.05, 0.1) is 11.5 Å². The van der Waals surface area contributed by atoms with E-state index in [1.807, 2.05) is 84.9 Å². The van der Waals surface area contributed by atoms with E-state index in [1.54, 1.807) is 0 Å². The molecule has 0 unspecified atom stereocenters. The summed E-state index contributed by atoms with van der Waals surface area (Å²) < 4.78 is 26.6. The van der Waals surface area contributed by atoms with Crippen LogP contribution in [0.4, 0.5) is 0 Å². The van der Waals surface area contributed by atoms with Gasteiger partial charge in [0, 0.05) is 48.3 Å². The first kappa shape index (κ1) is 27.9. The molecule has 0 spiro atoms. The summed E-state index contributed by atoms with van der Waals surface area (Å²) in [6.07, 6.45) is 0. The monoisotopic (exact) mass is 578 g/mol. The number of nitrogens with zero attached hydrogens (tertiary/aromatic N) is 2. The molecule has 0 aromatic heterocycles. The predicted molar refractivity (Wildman–Crippen MR) is 161 cm³/mol. The largest absolute Gasteiger partial charge is 0.289 e. The fraction of sp³-hybridized carbons (Fsp3) is 0.250. The van der Waals surface area contributed by atoms with Crippen molar-refractivity contribution in [3.8, 4) is 0 Å². The minimum atomic E-state index is -3.27. The molecule has 0 saturated carbocycles. The first-order valence-electron chi connectivity index (χ1n) is 13.1. The Balaban J connectivity index is 1.53. The molecule has 4 nitrogen and oxygen atoms in total. The molecule has 2 atom stereocenters. The summed E-state index contributed by atoms with van der Waals surface area (Å²) in [6.45, 7) is 2.34. The van der Waals surface area contributed by atoms with E-state index >= 15 is 0 Å². The van der Waals surface area contributed by atoms with Gasteiger partial charge < -0.3 is 0 Å². The van der Waals surface area contributed by atoms with Gasteiger partial charge in [-0.3, -0.25) is 9.80 Å². The third kappa shape index (κ3) is 7.30. The second-order valence-electron chi connectivity index (χ2n) is 10.2. The van der Waals surface area contributed by atoms with Crippen molar-refractivity contribution < 1.29 is 8.42 Å². The number of hydrogen-bond acceptors (Lipinski definition) is 4. The molecule has 0 N–H and O–H groups in total. The summed E-state index contributed by atoms with van der Waals surface area (Å²) in [4.78, 5) is 4.58. The molecule has 202 valence electrons. The van der Waals surface area contributed by atoms with Gasteiger partial charge in [-0.2, -0.15) is 0 Å². The predicted octanol–water partition coefficient (Wildman–Crippen LogP) is 6.86. The fourth-order valence-corrected chi connectivity index (χ4v) is 7.85. The molecular formula is C32H32Cl2N2O2S. The zero-order valence-corrected chi connectivity index (χ0v) is 24.0. The van der Waals surface area contributed by atoms with Crippen molar-refractivity contribution in [1.82, 2.24) is 9.80 Å². The number of sulfone groups is 1. The second kappa shape index (κ2) is 12.7. The normalized spacial score (nSPS) is 18.6. The molecule has 0 radical (unpaired) electrons. The molecule has 5 rings (SSSR count). The van der Waals surface area contributed by atoms with Gasteiger partial charge in [0.2, 0.25) is 0 Å². The molecule has 4 aromatic carbocycles. The van der Waals surface area contributed by atoms with Crippen LogP contribution in [0.25, 0.3) is 0 Å². The maximum atomic E-state index is 13.3. The zero-order chi connectivity index (χ0) is 27.2. The molecule has 0 aliphatic carbocycles. The quantitative estimate of drug-likeness (QED) is 0.206. The van der Waals surface area contributed by atoms with Gasteiger partial charge in [0.1, 0.15) is 0 Å². The number of hydrogen-bond donors (Lipinski definition) is 0. The molecule has 1 heterocycles. The molecule has 1 fully saturated rings. The van der Waals surface area contributed by atoms with Crippen LogP contribution < -0.4 is 0 Å². The molecule has 1 aliphatic heterocycles. The molecule has 1 aliphatic rings. The van der Waals surface area contributed by atoms with Crippen molar-refractivity contribution >= 4 is 33.0 Å². The average Bonchev–Trinajstić information content (AvgIpc) is 3.27. The van der Waals surface area contributed by atoms with Crippen molar-refractivity contribution in [2.45, 2.75) is 38.3 Å². The number of rotatable bonds is 10. The lowest BCUT2D eigenvalue weighted by Gasteiger charge is -2.38. The van der Waals surface area contributed by atoms with E-state index < -0.39 is 9.84 Å². The first-order valence-corrected chi connectivity index (χ1v) is 15.7. The number of benzene rings is 4. The van der Waals surface area contributed by atoms with Crippen LogP contribution in [0.2, 0.25) is 10.0 Å². The van der Waals surface area contributed by atoms with Crippen LogP contribution in [0.3, 0.4) is 0 Å². The van der Waals surface area contributed by atoms with Gasteiger partial charge in [-0.05, 0) is 34.4 Å². The minimum Gasteiger partial charge on any atom is -0.289 e. The van der Waals surface area contributed by atoms with Gasteiger partial charge in [0.15, 0.2) is 9.84 Å². The van der Waals surface area contributed by atoms with Gasteiger partial charge >= 0.3 is 0 Å². The first-order chi connectivity index (χ1) is 18.9. The van der Waals surface area contributed by atoms with Crippen LogP contribution in [0, 0.1) is 0 Å². The smallest absolute Gasteiger partial charge is 0.153 e. The molecule has 39 heavy (non-hydrogen) atoms. The van der Waals surface area contributed by atoms with Crippen molar-refractivity contribution in [1.29, 1.82) is 0 Å². The lowest BCUT2D eigenvalue weighted by molar-refractivity contribution is 0.0863. The lowest BCUT2D eigenvalue weighted by atomic mass is 10.0. The third-order valence-electron chi connectivity index (χ3n) is 7.35. The molecular weight excluding hydrogens is 547 g/mol. The molecule has 0 bridgehead atoms. The Morgan fingerprint density at radius 2 is 0.897 bits per heavy atom. The SMILES string of the molecule is O=S1(=O)C[C@@H](N(Cc2ccccc2)Cc2ccccc2Cl)[C@@H](N(Cc2ccccc2)Cc2ccccc2Cl)C1. The minimum absolute atomic E-state index is 0.1000. The molecule has 4 aromatic rings. The van der Waals surface area contributed by atoms with Gasteiger partial charge in [-0.15, -0.1) is 0 Å². The van der Waals surface area contributed by atoms with Crippen molar-refractivity contribution in [2.24, 2.45) is 0 Å². The Morgan fingerprint density at radius 3 is 1.28 bits per heavy atom. The Kier molecular flexibility index (Phi) is 9.06. The second-order valence-corrected chi connectivity index (χ2v) is 13.1. The highest BCUT2D eigenvalue weighted by Crippen LogP contribution is 2.31. The highest BCUT2D eigenvalue weighted by atomic mass is 35.5. The van der Waals surface area contributed by atoms with Crippen LogP contribution in [0.5, 0.6) is 0 Å². The molecule has 0 amide bonds. The number of halogens is 2. The maximum absolute atomic E-state index is 13.3. The maximum Gasteiger partial charge on any atom is 0.153 e. The van der Waals surface area contributed by atoms with Crippen molar-refractivity contribution in [3.05, 3.63) is 141 Å². The molecule has 7 heteroatoms. The van der Waals surface area contributed by atoms with E-state index in [9.17, 15) is 8.42 Å². The van der Waals surface area contributed by atoms with Crippen LogP contribution in [-0.4, -0.2) is 41.8 Å². The Hall–Kier alpha value is -2.67. The van der Waals surface area contributed by atoms with E-state index in [-0.39, 0.29) is 23.6 Å². The average molecular weight is 580 g/mol. The zero-order valence-electron chi connectivity index (χ0n) is 21.7. The summed E-state index contributed by atoms with van der Waals surface area (Å²) in [5.74, 6) is 0.200. The lowest BCUT2D eigenvalue weighted by Crippen LogP contribution is -2.50. The summed E-state index contributed by atoms with van der Waals surface area (Å²) in [5.41, 5.74) is 4.24. The van der Waals surface area contributed by atoms with Gasteiger partial charge in [0.25, 0.3) is 0 Å². The highest BCUT2D eigenvalue weighted by molar-refractivity contribution is 7.91. The Labute approximate surface area is 241 Å². The van der Waals surface area contributed by atoms with E-state index in [0.717, 1.165) is 22.3 Å². The van der Waals surface area contributed by atoms with E-state index in [4.69, 9.17) is 23.2 Å². The van der Waals surface area contributed by atoms with Gasteiger partial charge in [-0.1, -0.05) is 120 Å². The summed E-state index contributed by atoms with van der Waals surface area (Å²) in [5, 5.41) is 1.37. The molecule has 1 saturated heterocycles. The highest BCUT2D eigenvalue weighted by Gasteiger charge is 2.44. The van der Waals surface area contributed by atoms with Crippen LogP contribution in [0.15, 0.2) is 109 Å². The summed E-state index contributed by atoms with van der Waals surface area (Å²) in [6, 6.07) is 35.6. The van der Waals surface area contributed by atoms with E-state index in [2.05, 4.69) is 34.1 Å². The van der Waals surface area contributed by atoms with Gasteiger partial charge in [-0.25, -0.2) is 8.42 Å². The summed E-state index contributed by atoms with van der Waals surface area (Å²) >= 11 is 13.2.